The lowest BCUT2D eigenvalue weighted by Gasteiger charge is -2.22. The molecule has 1 heterocycles. The number of rotatable bonds is 8. The highest BCUT2D eigenvalue weighted by Gasteiger charge is 2.21. The predicted molar refractivity (Wildman–Crippen MR) is 73.8 cm³/mol. The summed E-state index contributed by atoms with van der Waals surface area (Å²) in [4.78, 5) is 6.08. The molecule has 19 heavy (non-hydrogen) atoms. The Kier molecular flexibility index (Phi) is 5.10. The first-order valence-electron chi connectivity index (χ1n) is 6.87. The van der Waals surface area contributed by atoms with Crippen LogP contribution in [-0.2, 0) is 11.3 Å². The van der Waals surface area contributed by atoms with Crippen LogP contribution < -0.4 is 10.2 Å². The first-order valence-corrected chi connectivity index (χ1v) is 6.87. The number of ether oxygens (including phenoxy) is 1. The number of nitrogens with one attached hydrogen (secondary N) is 1. The van der Waals surface area contributed by atoms with Crippen LogP contribution >= 0.6 is 0 Å². The summed E-state index contributed by atoms with van der Waals surface area (Å²) in [7, 11) is 1.65. The van der Waals surface area contributed by atoms with Crippen LogP contribution in [0.15, 0.2) is 12.3 Å². The van der Waals surface area contributed by atoms with E-state index >= 15 is 0 Å². The Morgan fingerprint density at radius 3 is 2.95 bits per heavy atom. The van der Waals surface area contributed by atoms with E-state index in [1.165, 1.54) is 12.8 Å². The van der Waals surface area contributed by atoms with Gasteiger partial charge in [-0.1, -0.05) is 0 Å². The molecule has 2 rings (SSSR count). The van der Waals surface area contributed by atoms with Crippen molar-refractivity contribution in [3.8, 4) is 0 Å². The van der Waals surface area contributed by atoms with Gasteiger partial charge in [-0.25, -0.2) is 9.37 Å². The first kappa shape index (κ1) is 14.2. The van der Waals surface area contributed by atoms with Crippen LogP contribution in [0.3, 0.4) is 0 Å². The van der Waals surface area contributed by atoms with Gasteiger partial charge in [-0.3, -0.25) is 0 Å². The summed E-state index contributed by atoms with van der Waals surface area (Å²) >= 11 is 0. The number of hydrogen-bond acceptors (Lipinski definition) is 4. The van der Waals surface area contributed by atoms with Crippen molar-refractivity contribution in [3.05, 3.63) is 23.6 Å². The number of anilines is 1. The van der Waals surface area contributed by atoms with Crippen molar-refractivity contribution < 1.29 is 9.13 Å². The molecule has 4 nitrogen and oxygen atoms in total. The van der Waals surface area contributed by atoms with Crippen LogP contribution in [0.5, 0.6) is 0 Å². The van der Waals surface area contributed by atoms with Gasteiger partial charge >= 0.3 is 0 Å². The van der Waals surface area contributed by atoms with E-state index in [0.29, 0.717) is 43.7 Å². The molecule has 0 spiro atoms. The van der Waals surface area contributed by atoms with E-state index in [1.807, 2.05) is 11.8 Å². The fraction of sp³-hybridized carbons (Fsp3) is 0.643. The van der Waals surface area contributed by atoms with Crippen molar-refractivity contribution in [1.82, 2.24) is 10.3 Å². The van der Waals surface area contributed by atoms with Crippen molar-refractivity contribution >= 4 is 5.82 Å². The van der Waals surface area contributed by atoms with Gasteiger partial charge < -0.3 is 15.0 Å². The third-order valence-electron chi connectivity index (χ3n) is 3.36. The molecule has 1 aromatic rings. The summed E-state index contributed by atoms with van der Waals surface area (Å²) in [5.41, 5.74) is 0.688. The maximum atomic E-state index is 14.4. The van der Waals surface area contributed by atoms with Gasteiger partial charge in [-0.05, 0) is 25.8 Å². The molecule has 1 N–H and O–H groups in total. The maximum Gasteiger partial charge on any atom is 0.170 e. The Morgan fingerprint density at radius 1 is 1.53 bits per heavy atom. The minimum atomic E-state index is -0.214. The van der Waals surface area contributed by atoms with Gasteiger partial charge in [-0.15, -0.1) is 0 Å². The van der Waals surface area contributed by atoms with Gasteiger partial charge in [0.2, 0.25) is 0 Å². The summed E-state index contributed by atoms with van der Waals surface area (Å²) in [5, 5.41) is 3.33. The SMILES string of the molecule is CCN(CCOC)c1nccc(CNC2CC2)c1F. The lowest BCUT2D eigenvalue weighted by Crippen LogP contribution is -2.29. The number of methoxy groups -OCH3 is 1. The molecule has 0 aromatic carbocycles. The molecule has 5 heteroatoms. The van der Waals surface area contributed by atoms with Gasteiger partial charge in [0, 0.05) is 44.5 Å². The van der Waals surface area contributed by atoms with E-state index in [2.05, 4.69) is 10.3 Å². The fourth-order valence-electron chi connectivity index (χ4n) is 1.99. The zero-order valence-corrected chi connectivity index (χ0v) is 11.7. The first-order chi connectivity index (χ1) is 9.26. The molecule has 0 aliphatic heterocycles. The van der Waals surface area contributed by atoms with Gasteiger partial charge in [0.05, 0.1) is 6.61 Å². The fourth-order valence-corrected chi connectivity index (χ4v) is 1.99. The van der Waals surface area contributed by atoms with Crippen LogP contribution in [0, 0.1) is 5.82 Å². The van der Waals surface area contributed by atoms with Crippen molar-refractivity contribution in [1.29, 1.82) is 0 Å². The van der Waals surface area contributed by atoms with E-state index < -0.39 is 0 Å². The molecule has 0 saturated heterocycles. The van der Waals surface area contributed by atoms with Crippen LogP contribution in [-0.4, -0.2) is 37.8 Å². The molecule has 1 saturated carbocycles. The number of halogens is 1. The van der Waals surface area contributed by atoms with Crippen LogP contribution in [0.2, 0.25) is 0 Å². The van der Waals surface area contributed by atoms with E-state index in [4.69, 9.17) is 4.74 Å². The summed E-state index contributed by atoms with van der Waals surface area (Å²) in [6.45, 7) is 4.50. The second-order valence-electron chi connectivity index (χ2n) is 4.84. The average Bonchev–Trinajstić information content (AvgIpc) is 3.24. The number of pyridine rings is 1. The number of likely N-dealkylation sites (N-methyl/N-ethyl adjacent to an activating group) is 1. The molecular formula is C14H22FN3O. The maximum absolute atomic E-state index is 14.4. The number of hydrogen-bond donors (Lipinski definition) is 1. The third-order valence-corrected chi connectivity index (χ3v) is 3.36. The van der Waals surface area contributed by atoms with Gasteiger partial charge in [0.1, 0.15) is 0 Å². The van der Waals surface area contributed by atoms with Crippen molar-refractivity contribution in [3.63, 3.8) is 0 Å². The standard InChI is InChI=1S/C14H22FN3O/c1-3-18(8-9-19-2)14-13(15)11(6-7-16-14)10-17-12-4-5-12/h6-7,12,17H,3-5,8-10H2,1-2H3. The molecule has 0 unspecified atom stereocenters. The highest BCUT2D eigenvalue weighted by atomic mass is 19.1. The highest BCUT2D eigenvalue weighted by molar-refractivity contribution is 5.43. The Balaban J connectivity index is 2.07. The number of aromatic nitrogens is 1. The molecule has 1 aliphatic carbocycles. The molecule has 0 atom stereocenters. The monoisotopic (exact) mass is 267 g/mol. The summed E-state index contributed by atoms with van der Waals surface area (Å²) in [5.74, 6) is 0.211. The molecule has 0 amide bonds. The topological polar surface area (TPSA) is 37.4 Å². The zero-order valence-electron chi connectivity index (χ0n) is 11.7. The van der Waals surface area contributed by atoms with E-state index in [-0.39, 0.29) is 5.82 Å². The number of nitrogens with zero attached hydrogens (tertiary/aromatic N) is 2. The largest absolute Gasteiger partial charge is 0.383 e. The Morgan fingerprint density at radius 2 is 2.32 bits per heavy atom. The second-order valence-corrected chi connectivity index (χ2v) is 4.84. The average molecular weight is 267 g/mol. The molecule has 0 bridgehead atoms. The van der Waals surface area contributed by atoms with Gasteiger partial charge in [0.15, 0.2) is 11.6 Å². The summed E-state index contributed by atoms with van der Waals surface area (Å²) < 4.78 is 19.5. The summed E-state index contributed by atoms with van der Waals surface area (Å²) in [6.07, 6.45) is 4.08. The molecule has 1 aliphatic rings. The lowest BCUT2D eigenvalue weighted by atomic mass is 10.2. The third kappa shape index (κ3) is 3.88. The lowest BCUT2D eigenvalue weighted by molar-refractivity contribution is 0.205. The molecule has 0 radical (unpaired) electrons. The van der Waals surface area contributed by atoms with Crippen LogP contribution in [0.1, 0.15) is 25.3 Å². The van der Waals surface area contributed by atoms with Crippen LogP contribution in [0.4, 0.5) is 10.2 Å². The minimum Gasteiger partial charge on any atom is -0.383 e. The van der Waals surface area contributed by atoms with Crippen LogP contribution in [0.25, 0.3) is 0 Å². The van der Waals surface area contributed by atoms with Crippen molar-refractivity contribution in [2.45, 2.75) is 32.4 Å². The van der Waals surface area contributed by atoms with Gasteiger partial charge in [-0.2, -0.15) is 0 Å². The molecule has 1 aromatic heterocycles. The summed E-state index contributed by atoms with van der Waals surface area (Å²) in [6, 6.07) is 2.32. The molecule has 106 valence electrons. The smallest absolute Gasteiger partial charge is 0.170 e. The Hall–Kier alpha value is -1.20. The predicted octanol–water partition coefficient (Wildman–Crippen LogP) is 1.95. The second kappa shape index (κ2) is 6.82. The van der Waals surface area contributed by atoms with Crippen molar-refractivity contribution in [2.24, 2.45) is 0 Å². The Labute approximate surface area is 114 Å². The van der Waals surface area contributed by atoms with Crippen molar-refractivity contribution in [2.75, 3.05) is 31.7 Å². The van der Waals surface area contributed by atoms with E-state index in [9.17, 15) is 4.39 Å². The van der Waals surface area contributed by atoms with E-state index in [1.54, 1.807) is 19.4 Å². The quantitative estimate of drug-likeness (QED) is 0.781. The van der Waals surface area contributed by atoms with Gasteiger partial charge in [0.25, 0.3) is 0 Å². The van der Waals surface area contributed by atoms with E-state index in [0.717, 1.165) is 0 Å². The Bertz CT molecular complexity index is 410. The molecular weight excluding hydrogens is 245 g/mol. The minimum absolute atomic E-state index is 0.214. The highest BCUT2D eigenvalue weighted by Crippen LogP contribution is 2.22. The zero-order chi connectivity index (χ0) is 13.7. The molecule has 1 fully saturated rings. The normalized spacial score (nSPS) is 14.7.